The molecule has 0 spiro atoms. The molecule has 32 heavy (non-hydrogen) atoms. The SMILES string of the molecule is C=CCn1c(=O)c2cnc(Nc3ccc4c(c3)CCNC4)nc2n1-c1ccnc(OC)c1. The van der Waals surface area contributed by atoms with E-state index in [0.29, 0.717) is 35.1 Å². The molecule has 2 N–H and O–H groups in total. The van der Waals surface area contributed by atoms with E-state index in [4.69, 9.17) is 9.72 Å². The van der Waals surface area contributed by atoms with Crippen LogP contribution in [0.15, 0.2) is 60.2 Å². The summed E-state index contributed by atoms with van der Waals surface area (Å²) in [4.78, 5) is 26.3. The lowest BCUT2D eigenvalue weighted by molar-refractivity contribution is 0.397. The highest BCUT2D eigenvalue weighted by Gasteiger charge is 2.18. The molecule has 9 heteroatoms. The Balaban J connectivity index is 1.61. The van der Waals surface area contributed by atoms with Crippen LogP contribution in [0.3, 0.4) is 0 Å². The molecule has 5 rings (SSSR count). The average molecular weight is 429 g/mol. The normalized spacial score (nSPS) is 13.0. The molecule has 1 aromatic carbocycles. The smallest absolute Gasteiger partial charge is 0.278 e. The summed E-state index contributed by atoms with van der Waals surface area (Å²) in [6.45, 7) is 5.96. The van der Waals surface area contributed by atoms with Crippen LogP contribution in [-0.2, 0) is 19.5 Å². The highest BCUT2D eigenvalue weighted by Crippen LogP contribution is 2.23. The Morgan fingerprint density at radius 2 is 2.16 bits per heavy atom. The number of methoxy groups -OCH3 is 1. The van der Waals surface area contributed by atoms with Crippen molar-refractivity contribution < 1.29 is 4.74 Å². The predicted octanol–water partition coefficient (Wildman–Crippen LogP) is 2.56. The van der Waals surface area contributed by atoms with Crippen LogP contribution in [0.25, 0.3) is 16.7 Å². The molecule has 0 amide bonds. The van der Waals surface area contributed by atoms with E-state index in [1.54, 1.807) is 47.1 Å². The van der Waals surface area contributed by atoms with Crippen LogP contribution in [0.1, 0.15) is 11.1 Å². The van der Waals surface area contributed by atoms with Gasteiger partial charge in [-0.1, -0.05) is 12.1 Å². The van der Waals surface area contributed by atoms with Crippen molar-refractivity contribution in [2.45, 2.75) is 19.5 Å². The number of pyridine rings is 1. The summed E-state index contributed by atoms with van der Waals surface area (Å²) in [6.07, 6.45) is 5.84. The number of benzene rings is 1. The molecule has 0 atom stereocenters. The number of nitrogens with one attached hydrogen (secondary N) is 2. The molecule has 0 fully saturated rings. The maximum Gasteiger partial charge on any atom is 0.278 e. The topological polar surface area (TPSA) is 98.9 Å². The van der Waals surface area contributed by atoms with Gasteiger partial charge in [-0.3, -0.25) is 4.79 Å². The lowest BCUT2D eigenvalue weighted by atomic mass is 10.0. The number of rotatable bonds is 6. The van der Waals surface area contributed by atoms with Crippen molar-refractivity contribution in [1.29, 1.82) is 0 Å². The number of nitrogens with zero attached hydrogens (tertiary/aromatic N) is 5. The summed E-state index contributed by atoms with van der Waals surface area (Å²) < 4.78 is 8.57. The van der Waals surface area contributed by atoms with E-state index < -0.39 is 0 Å². The maximum atomic E-state index is 13.0. The Morgan fingerprint density at radius 1 is 1.25 bits per heavy atom. The molecule has 1 aliphatic heterocycles. The van der Waals surface area contributed by atoms with Crippen molar-refractivity contribution in [3.8, 4) is 11.6 Å². The minimum atomic E-state index is -0.191. The number of hydrogen-bond acceptors (Lipinski definition) is 7. The molecule has 4 heterocycles. The van der Waals surface area contributed by atoms with Crippen molar-refractivity contribution in [2.75, 3.05) is 19.0 Å². The van der Waals surface area contributed by atoms with Crippen LogP contribution in [0.5, 0.6) is 5.88 Å². The Kier molecular flexibility index (Phi) is 5.16. The third kappa shape index (κ3) is 3.52. The number of ether oxygens (including phenoxy) is 1. The summed E-state index contributed by atoms with van der Waals surface area (Å²) in [5, 5.41) is 7.08. The third-order valence-corrected chi connectivity index (χ3v) is 5.50. The van der Waals surface area contributed by atoms with E-state index in [9.17, 15) is 4.79 Å². The van der Waals surface area contributed by atoms with Crippen LogP contribution >= 0.6 is 0 Å². The lowest BCUT2D eigenvalue weighted by Crippen LogP contribution is -2.23. The molecule has 162 valence electrons. The van der Waals surface area contributed by atoms with E-state index in [1.807, 2.05) is 6.07 Å². The lowest BCUT2D eigenvalue weighted by Gasteiger charge is -2.18. The van der Waals surface area contributed by atoms with Crippen LogP contribution < -0.4 is 20.9 Å². The fraction of sp³-hybridized carbons (Fsp3) is 0.217. The molecule has 0 saturated carbocycles. The van der Waals surface area contributed by atoms with Crippen LogP contribution in [0.2, 0.25) is 0 Å². The Hall–Kier alpha value is -3.98. The van der Waals surface area contributed by atoms with E-state index >= 15 is 0 Å². The van der Waals surface area contributed by atoms with E-state index in [0.717, 1.165) is 25.2 Å². The highest BCUT2D eigenvalue weighted by molar-refractivity contribution is 5.77. The number of fused-ring (bicyclic) bond motifs is 2. The first kappa shape index (κ1) is 20.0. The van der Waals surface area contributed by atoms with Gasteiger partial charge in [-0.2, -0.15) is 4.98 Å². The fourth-order valence-corrected chi connectivity index (χ4v) is 3.96. The molecule has 0 radical (unpaired) electrons. The average Bonchev–Trinajstić information content (AvgIpc) is 3.10. The first-order chi connectivity index (χ1) is 15.7. The van der Waals surface area contributed by atoms with Crippen LogP contribution in [-0.4, -0.2) is 38.0 Å². The van der Waals surface area contributed by atoms with Gasteiger partial charge >= 0.3 is 0 Å². The quantitative estimate of drug-likeness (QED) is 0.455. The van der Waals surface area contributed by atoms with Gasteiger partial charge in [0.1, 0.15) is 5.39 Å². The van der Waals surface area contributed by atoms with Gasteiger partial charge in [0.2, 0.25) is 11.8 Å². The zero-order chi connectivity index (χ0) is 22.1. The number of allylic oxidation sites excluding steroid dienone is 1. The van der Waals surface area contributed by atoms with Gasteiger partial charge in [-0.25, -0.2) is 19.3 Å². The zero-order valence-corrected chi connectivity index (χ0v) is 17.7. The Bertz CT molecular complexity index is 1370. The standard InChI is InChI=1S/C23H23N7O2/c1-3-10-29-22(31)19-14-26-23(27-17-5-4-16-13-24-8-6-15(16)11-17)28-21(19)30(29)18-7-9-25-20(12-18)32-2/h3-5,7,9,11-12,14,24H,1,6,8,10,13H2,2H3,(H,26,27,28). The first-order valence-corrected chi connectivity index (χ1v) is 10.4. The summed E-state index contributed by atoms with van der Waals surface area (Å²) >= 11 is 0. The molecule has 1 aliphatic rings. The minimum absolute atomic E-state index is 0.191. The summed E-state index contributed by atoms with van der Waals surface area (Å²) in [7, 11) is 1.55. The second-order valence-corrected chi connectivity index (χ2v) is 7.51. The van der Waals surface area contributed by atoms with Gasteiger partial charge < -0.3 is 15.4 Å². The molecule has 3 aromatic heterocycles. The molecule has 0 saturated heterocycles. The van der Waals surface area contributed by atoms with Crippen molar-refractivity contribution in [3.05, 3.63) is 76.9 Å². The third-order valence-electron chi connectivity index (χ3n) is 5.50. The maximum absolute atomic E-state index is 13.0. The predicted molar refractivity (Wildman–Crippen MR) is 123 cm³/mol. The molecular weight excluding hydrogens is 406 g/mol. The van der Waals surface area contributed by atoms with Crippen LogP contribution in [0.4, 0.5) is 11.6 Å². The van der Waals surface area contributed by atoms with Crippen molar-refractivity contribution >= 4 is 22.7 Å². The van der Waals surface area contributed by atoms with Gasteiger partial charge in [0, 0.05) is 30.7 Å². The molecule has 0 unspecified atom stereocenters. The largest absolute Gasteiger partial charge is 0.481 e. The fourth-order valence-electron chi connectivity index (χ4n) is 3.96. The highest BCUT2D eigenvalue weighted by atomic mass is 16.5. The Labute approximate surface area is 184 Å². The van der Waals surface area contributed by atoms with Crippen molar-refractivity contribution in [1.82, 2.24) is 29.6 Å². The number of hydrogen-bond donors (Lipinski definition) is 2. The molecule has 0 bridgehead atoms. The number of aromatic nitrogens is 5. The molecule has 0 aliphatic carbocycles. The summed E-state index contributed by atoms with van der Waals surface area (Å²) in [5.41, 5.74) is 4.54. The van der Waals surface area contributed by atoms with Gasteiger partial charge in [0.25, 0.3) is 5.56 Å². The molecule has 4 aromatic rings. The minimum Gasteiger partial charge on any atom is -0.481 e. The summed E-state index contributed by atoms with van der Waals surface area (Å²) in [6, 6.07) is 9.82. The zero-order valence-electron chi connectivity index (χ0n) is 17.7. The monoisotopic (exact) mass is 429 g/mol. The van der Waals surface area contributed by atoms with E-state index in [1.165, 1.54) is 11.1 Å². The van der Waals surface area contributed by atoms with E-state index in [2.05, 4.69) is 39.3 Å². The van der Waals surface area contributed by atoms with Crippen LogP contribution in [0, 0.1) is 0 Å². The van der Waals surface area contributed by atoms with E-state index in [-0.39, 0.29) is 5.56 Å². The number of anilines is 2. The molecular formula is C23H23N7O2. The van der Waals surface area contributed by atoms with Gasteiger partial charge in [0.15, 0.2) is 5.65 Å². The van der Waals surface area contributed by atoms with Crippen molar-refractivity contribution in [3.63, 3.8) is 0 Å². The second-order valence-electron chi connectivity index (χ2n) is 7.51. The van der Waals surface area contributed by atoms with Gasteiger partial charge in [-0.15, -0.1) is 6.58 Å². The van der Waals surface area contributed by atoms with Gasteiger partial charge in [0.05, 0.1) is 19.3 Å². The Morgan fingerprint density at radius 3 is 3.00 bits per heavy atom. The summed E-state index contributed by atoms with van der Waals surface area (Å²) in [5.74, 6) is 0.856. The first-order valence-electron chi connectivity index (χ1n) is 10.4. The second kappa shape index (κ2) is 8.27. The van der Waals surface area contributed by atoms with Crippen molar-refractivity contribution in [2.24, 2.45) is 0 Å². The molecule has 9 nitrogen and oxygen atoms in total. The van der Waals surface area contributed by atoms with Gasteiger partial charge in [-0.05, 0) is 42.3 Å².